The van der Waals surface area contributed by atoms with E-state index >= 15 is 0 Å². The van der Waals surface area contributed by atoms with Gasteiger partial charge < -0.3 is 0 Å². The number of carbonyl (C=O) groups excluding carboxylic acids is 2. The summed E-state index contributed by atoms with van der Waals surface area (Å²) in [7, 11) is 0. The molecule has 0 radical (unpaired) electrons. The largest absolute Gasteiger partial charge is 0.296 e. The normalized spacial score (nSPS) is 16.0. The van der Waals surface area contributed by atoms with Gasteiger partial charge in [0.25, 0.3) is 0 Å². The molecule has 1 aliphatic carbocycles. The molecular formula is C9H9NO2. The van der Waals surface area contributed by atoms with Crippen molar-refractivity contribution >= 4 is 12.2 Å². The van der Waals surface area contributed by atoms with Crippen LogP contribution in [0.4, 0.5) is 0 Å². The number of hydrogen-bond donors (Lipinski definition) is 0. The van der Waals surface area contributed by atoms with Gasteiger partial charge in [-0.25, -0.2) is 0 Å². The molecule has 0 bridgehead atoms. The van der Waals surface area contributed by atoms with Gasteiger partial charge in [0.15, 0.2) is 6.29 Å². The highest BCUT2D eigenvalue weighted by Crippen LogP contribution is 2.30. The first-order valence-electron chi connectivity index (χ1n) is 3.99. The van der Waals surface area contributed by atoms with E-state index in [1.54, 1.807) is 18.3 Å². The molecule has 0 spiro atoms. The molecular weight excluding hydrogens is 154 g/mol. The van der Waals surface area contributed by atoms with Crippen molar-refractivity contribution in [1.82, 2.24) is 4.57 Å². The van der Waals surface area contributed by atoms with Gasteiger partial charge in [-0.05, 0) is 25.0 Å². The van der Waals surface area contributed by atoms with Crippen LogP contribution in [-0.2, 0) is 0 Å². The molecule has 0 aliphatic heterocycles. The zero-order valence-electron chi connectivity index (χ0n) is 6.56. The third-order valence-corrected chi connectivity index (χ3v) is 2.07. The molecule has 0 amide bonds. The Morgan fingerprint density at radius 1 is 1.58 bits per heavy atom. The maximum absolute atomic E-state index is 11.5. The van der Waals surface area contributed by atoms with Crippen LogP contribution in [0.1, 0.15) is 28.1 Å². The molecule has 0 aromatic carbocycles. The van der Waals surface area contributed by atoms with Gasteiger partial charge in [-0.2, -0.15) is 0 Å². The lowest BCUT2D eigenvalue weighted by Gasteiger charge is -2.00. The predicted molar refractivity (Wildman–Crippen MR) is 43.2 cm³/mol. The van der Waals surface area contributed by atoms with Crippen LogP contribution in [0.25, 0.3) is 0 Å². The number of carbonyl (C=O) groups is 2. The summed E-state index contributed by atoms with van der Waals surface area (Å²) in [4.78, 5) is 21.9. The van der Waals surface area contributed by atoms with Gasteiger partial charge in [-0.1, -0.05) is 0 Å². The van der Waals surface area contributed by atoms with Crippen molar-refractivity contribution in [1.29, 1.82) is 0 Å². The average Bonchev–Trinajstić information content (AvgIpc) is 2.82. The molecule has 1 aliphatic rings. The van der Waals surface area contributed by atoms with Crippen LogP contribution in [0.15, 0.2) is 18.3 Å². The second kappa shape index (κ2) is 2.59. The number of nitrogens with zero attached hydrogens (tertiary/aromatic N) is 1. The van der Waals surface area contributed by atoms with Gasteiger partial charge >= 0.3 is 0 Å². The maximum atomic E-state index is 11.5. The summed E-state index contributed by atoms with van der Waals surface area (Å²) in [5.41, 5.74) is 0.451. The fourth-order valence-electron chi connectivity index (χ4n) is 1.22. The molecule has 1 heterocycles. The third-order valence-electron chi connectivity index (χ3n) is 2.07. The zero-order chi connectivity index (χ0) is 8.55. The number of rotatable bonds is 2. The van der Waals surface area contributed by atoms with Crippen molar-refractivity contribution in [2.24, 2.45) is 5.92 Å². The summed E-state index contributed by atoms with van der Waals surface area (Å²) in [5.74, 6) is 0.221. The molecule has 1 aromatic rings. The molecule has 0 unspecified atom stereocenters. The van der Waals surface area contributed by atoms with E-state index in [2.05, 4.69) is 0 Å². The predicted octanol–water partition coefficient (Wildman–Crippen LogP) is 1.35. The summed E-state index contributed by atoms with van der Waals surface area (Å²) >= 11 is 0. The Balaban J connectivity index is 2.30. The van der Waals surface area contributed by atoms with Gasteiger partial charge in [0.1, 0.15) is 0 Å². The SMILES string of the molecule is O=Cc1cccn1C(=O)C1CC1. The minimum atomic E-state index is 0.0575. The lowest BCUT2D eigenvalue weighted by atomic mass is 10.4. The highest BCUT2D eigenvalue weighted by molar-refractivity contribution is 5.89. The van der Waals surface area contributed by atoms with Crippen molar-refractivity contribution in [3.63, 3.8) is 0 Å². The minimum absolute atomic E-state index is 0.0575. The van der Waals surface area contributed by atoms with Gasteiger partial charge in [-0.3, -0.25) is 14.2 Å². The summed E-state index contributed by atoms with van der Waals surface area (Å²) in [6.07, 6.45) is 4.29. The van der Waals surface area contributed by atoms with Crippen molar-refractivity contribution < 1.29 is 9.59 Å². The van der Waals surface area contributed by atoms with Crippen LogP contribution >= 0.6 is 0 Å². The summed E-state index contributed by atoms with van der Waals surface area (Å²) in [5, 5.41) is 0. The van der Waals surface area contributed by atoms with Crippen LogP contribution in [-0.4, -0.2) is 16.8 Å². The van der Waals surface area contributed by atoms with Gasteiger partial charge in [-0.15, -0.1) is 0 Å². The van der Waals surface area contributed by atoms with E-state index in [0.29, 0.717) is 12.0 Å². The lowest BCUT2D eigenvalue weighted by Crippen LogP contribution is -2.13. The highest BCUT2D eigenvalue weighted by Gasteiger charge is 2.31. The Labute approximate surface area is 70.0 Å². The first-order chi connectivity index (χ1) is 5.83. The summed E-state index contributed by atoms with van der Waals surface area (Å²) in [6, 6.07) is 3.36. The summed E-state index contributed by atoms with van der Waals surface area (Å²) < 4.78 is 1.44. The second-order valence-corrected chi connectivity index (χ2v) is 3.03. The Hall–Kier alpha value is -1.38. The van der Waals surface area contributed by atoms with Crippen LogP contribution in [0.3, 0.4) is 0 Å². The Bertz CT molecular complexity index is 323. The molecule has 1 aromatic heterocycles. The van der Waals surface area contributed by atoms with E-state index in [4.69, 9.17) is 0 Å². The molecule has 3 nitrogen and oxygen atoms in total. The molecule has 12 heavy (non-hydrogen) atoms. The van der Waals surface area contributed by atoms with Gasteiger partial charge in [0, 0.05) is 12.1 Å². The molecule has 1 saturated carbocycles. The minimum Gasteiger partial charge on any atom is -0.296 e. The van der Waals surface area contributed by atoms with Crippen molar-refractivity contribution in [3.05, 3.63) is 24.0 Å². The summed E-state index contributed by atoms with van der Waals surface area (Å²) in [6.45, 7) is 0. The molecule has 62 valence electrons. The standard InChI is InChI=1S/C9H9NO2/c11-6-8-2-1-5-10(8)9(12)7-3-4-7/h1-2,5-7H,3-4H2. The second-order valence-electron chi connectivity index (χ2n) is 3.03. The number of aldehydes is 1. The third kappa shape index (κ3) is 1.07. The topological polar surface area (TPSA) is 39.1 Å². The van der Waals surface area contributed by atoms with Crippen molar-refractivity contribution in [3.8, 4) is 0 Å². The Morgan fingerprint density at radius 2 is 2.33 bits per heavy atom. The highest BCUT2D eigenvalue weighted by atomic mass is 16.2. The smallest absolute Gasteiger partial charge is 0.234 e. The Kier molecular flexibility index (Phi) is 1.57. The average molecular weight is 163 g/mol. The van der Waals surface area contributed by atoms with Crippen LogP contribution in [0.5, 0.6) is 0 Å². The van der Waals surface area contributed by atoms with Crippen LogP contribution in [0, 0.1) is 5.92 Å². The van der Waals surface area contributed by atoms with E-state index in [-0.39, 0.29) is 11.8 Å². The number of aromatic nitrogens is 1. The fraction of sp³-hybridized carbons (Fsp3) is 0.333. The first-order valence-corrected chi connectivity index (χ1v) is 3.99. The molecule has 0 atom stereocenters. The first kappa shape index (κ1) is 7.28. The molecule has 2 rings (SSSR count). The maximum Gasteiger partial charge on any atom is 0.234 e. The molecule has 0 N–H and O–H groups in total. The fourth-order valence-corrected chi connectivity index (χ4v) is 1.22. The molecule has 1 fully saturated rings. The van der Waals surface area contributed by atoms with Crippen molar-refractivity contribution in [2.75, 3.05) is 0 Å². The van der Waals surface area contributed by atoms with Crippen molar-refractivity contribution in [2.45, 2.75) is 12.8 Å². The monoisotopic (exact) mass is 163 g/mol. The van der Waals surface area contributed by atoms with E-state index in [1.807, 2.05) is 0 Å². The van der Waals surface area contributed by atoms with Crippen LogP contribution in [0.2, 0.25) is 0 Å². The molecule has 3 heteroatoms. The zero-order valence-corrected chi connectivity index (χ0v) is 6.56. The van der Waals surface area contributed by atoms with Crippen LogP contribution < -0.4 is 0 Å². The Morgan fingerprint density at radius 3 is 2.92 bits per heavy atom. The van der Waals surface area contributed by atoms with E-state index < -0.39 is 0 Å². The lowest BCUT2D eigenvalue weighted by molar-refractivity contribution is 0.0876. The van der Waals surface area contributed by atoms with Gasteiger partial charge in [0.2, 0.25) is 5.91 Å². The van der Waals surface area contributed by atoms with E-state index in [0.717, 1.165) is 12.8 Å². The van der Waals surface area contributed by atoms with Gasteiger partial charge in [0.05, 0.1) is 5.69 Å². The van der Waals surface area contributed by atoms with E-state index in [9.17, 15) is 9.59 Å². The number of hydrogen-bond acceptors (Lipinski definition) is 2. The quantitative estimate of drug-likeness (QED) is 0.617. The molecule has 0 saturated heterocycles. The van der Waals surface area contributed by atoms with E-state index in [1.165, 1.54) is 4.57 Å².